The molecule has 4 nitrogen and oxygen atoms in total. The molecule has 1 N–H and O–H groups in total. The number of likely N-dealkylation sites (tertiary alicyclic amines) is 1. The zero-order chi connectivity index (χ0) is 16.1. The summed E-state index contributed by atoms with van der Waals surface area (Å²) in [6.45, 7) is 1.19. The Kier molecular flexibility index (Phi) is 5.08. The first-order chi connectivity index (χ1) is 11.3. The van der Waals surface area contributed by atoms with Gasteiger partial charge in [-0.1, -0.05) is 24.3 Å². The molecule has 23 heavy (non-hydrogen) atoms. The molecule has 0 saturated carbocycles. The van der Waals surface area contributed by atoms with Crippen molar-refractivity contribution in [2.75, 3.05) is 13.1 Å². The van der Waals surface area contributed by atoms with E-state index in [2.05, 4.69) is 16.8 Å². The van der Waals surface area contributed by atoms with Gasteiger partial charge in [-0.15, -0.1) is 11.3 Å². The Morgan fingerprint density at radius 2 is 2.00 bits per heavy atom. The predicted octanol–water partition coefficient (Wildman–Crippen LogP) is 3.23. The van der Waals surface area contributed by atoms with E-state index in [9.17, 15) is 9.59 Å². The lowest BCUT2D eigenvalue weighted by Crippen LogP contribution is -2.34. The first kappa shape index (κ1) is 15.7. The summed E-state index contributed by atoms with van der Waals surface area (Å²) in [7, 11) is 0. The van der Waals surface area contributed by atoms with Crippen molar-refractivity contribution in [1.82, 2.24) is 10.2 Å². The van der Waals surface area contributed by atoms with Crippen LogP contribution in [0.5, 0.6) is 0 Å². The highest BCUT2D eigenvalue weighted by atomic mass is 32.1. The monoisotopic (exact) mass is 328 g/mol. The number of benzene rings is 1. The number of nitrogens with one attached hydrogen (secondary N) is 1. The molecule has 2 amide bonds. The van der Waals surface area contributed by atoms with Crippen LogP contribution < -0.4 is 5.32 Å². The van der Waals surface area contributed by atoms with Crippen LogP contribution >= 0.6 is 11.3 Å². The normalized spacial score (nSPS) is 17.2. The zero-order valence-corrected chi connectivity index (χ0v) is 13.7. The standard InChI is InChI=1S/C18H20N2O2S/c21-17(10-11-19-18(22)14-6-2-1-3-7-14)20-12-4-8-15(20)16-9-5-13-23-16/h1-3,5-7,9,13,15H,4,8,10-12H2,(H,19,22). The maximum atomic E-state index is 12.4. The van der Waals surface area contributed by atoms with E-state index in [0.717, 1.165) is 19.4 Å². The largest absolute Gasteiger partial charge is 0.352 e. The molecule has 1 fully saturated rings. The van der Waals surface area contributed by atoms with E-state index in [-0.39, 0.29) is 17.9 Å². The highest BCUT2D eigenvalue weighted by molar-refractivity contribution is 7.10. The van der Waals surface area contributed by atoms with Gasteiger partial charge in [-0.3, -0.25) is 9.59 Å². The molecule has 1 aliphatic rings. The molecule has 1 saturated heterocycles. The first-order valence-corrected chi connectivity index (χ1v) is 8.80. The Bertz CT molecular complexity index is 655. The molecule has 5 heteroatoms. The van der Waals surface area contributed by atoms with Gasteiger partial charge in [0, 0.05) is 30.0 Å². The quantitative estimate of drug-likeness (QED) is 0.916. The number of carbonyl (C=O) groups is 2. The van der Waals surface area contributed by atoms with Crippen molar-refractivity contribution >= 4 is 23.2 Å². The summed E-state index contributed by atoms with van der Waals surface area (Å²) in [5.74, 6) is -0.0103. The van der Waals surface area contributed by atoms with Gasteiger partial charge in [-0.25, -0.2) is 0 Å². The lowest BCUT2D eigenvalue weighted by Gasteiger charge is -2.24. The zero-order valence-electron chi connectivity index (χ0n) is 12.9. The molecule has 0 spiro atoms. The Hall–Kier alpha value is -2.14. The summed E-state index contributed by atoms with van der Waals surface area (Å²) >= 11 is 1.70. The number of carbonyl (C=O) groups excluding carboxylic acids is 2. The highest BCUT2D eigenvalue weighted by Crippen LogP contribution is 2.34. The second-order valence-corrected chi connectivity index (χ2v) is 6.61. The van der Waals surface area contributed by atoms with Gasteiger partial charge in [0.05, 0.1) is 6.04 Å². The molecule has 0 bridgehead atoms. The van der Waals surface area contributed by atoms with Crippen LogP contribution in [0.25, 0.3) is 0 Å². The molecular weight excluding hydrogens is 308 g/mol. The summed E-state index contributed by atoms with van der Waals surface area (Å²) in [5.41, 5.74) is 0.623. The van der Waals surface area contributed by atoms with E-state index in [4.69, 9.17) is 0 Å². The van der Waals surface area contributed by atoms with Crippen molar-refractivity contribution in [1.29, 1.82) is 0 Å². The molecule has 1 unspecified atom stereocenters. The van der Waals surface area contributed by atoms with E-state index in [1.165, 1.54) is 4.88 Å². The fourth-order valence-electron chi connectivity index (χ4n) is 2.96. The van der Waals surface area contributed by atoms with Crippen LogP contribution in [0.1, 0.15) is 40.5 Å². The summed E-state index contributed by atoms with van der Waals surface area (Å²) in [6.07, 6.45) is 2.42. The Morgan fingerprint density at radius 1 is 1.17 bits per heavy atom. The summed E-state index contributed by atoms with van der Waals surface area (Å²) in [6, 6.07) is 13.4. The van der Waals surface area contributed by atoms with Gasteiger partial charge in [0.25, 0.3) is 5.91 Å². The summed E-state index contributed by atoms with van der Waals surface area (Å²) in [4.78, 5) is 27.6. The fourth-order valence-corrected chi connectivity index (χ4v) is 3.83. The highest BCUT2D eigenvalue weighted by Gasteiger charge is 2.30. The second-order valence-electron chi connectivity index (χ2n) is 5.63. The van der Waals surface area contributed by atoms with Crippen molar-refractivity contribution in [2.45, 2.75) is 25.3 Å². The van der Waals surface area contributed by atoms with Crippen molar-refractivity contribution < 1.29 is 9.59 Å². The second kappa shape index (κ2) is 7.42. The van der Waals surface area contributed by atoms with Gasteiger partial charge >= 0.3 is 0 Å². The predicted molar refractivity (Wildman–Crippen MR) is 91.4 cm³/mol. The smallest absolute Gasteiger partial charge is 0.251 e. The van der Waals surface area contributed by atoms with Crippen LogP contribution in [0.2, 0.25) is 0 Å². The van der Waals surface area contributed by atoms with Crippen molar-refractivity contribution in [3.05, 3.63) is 58.3 Å². The number of nitrogens with zero attached hydrogens (tertiary/aromatic N) is 1. The number of thiophene rings is 1. The molecule has 2 heterocycles. The van der Waals surface area contributed by atoms with Crippen LogP contribution in [0.15, 0.2) is 47.8 Å². The van der Waals surface area contributed by atoms with Crippen molar-refractivity contribution in [2.24, 2.45) is 0 Å². The van der Waals surface area contributed by atoms with Gasteiger partial charge in [-0.2, -0.15) is 0 Å². The third-order valence-electron chi connectivity index (χ3n) is 4.11. The Morgan fingerprint density at radius 3 is 2.74 bits per heavy atom. The average molecular weight is 328 g/mol. The Labute approximate surface area is 140 Å². The van der Waals surface area contributed by atoms with Crippen LogP contribution in [0.3, 0.4) is 0 Å². The van der Waals surface area contributed by atoms with Gasteiger partial charge in [-0.05, 0) is 36.4 Å². The lowest BCUT2D eigenvalue weighted by atomic mass is 10.2. The van der Waals surface area contributed by atoms with Crippen LogP contribution in [0.4, 0.5) is 0 Å². The van der Waals surface area contributed by atoms with Crippen molar-refractivity contribution in [3.8, 4) is 0 Å². The molecule has 1 aromatic carbocycles. The molecule has 1 aliphatic heterocycles. The lowest BCUT2D eigenvalue weighted by molar-refractivity contribution is -0.131. The first-order valence-electron chi connectivity index (χ1n) is 7.92. The molecule has 0 aliphatic carbocycles. The Balaban J connectivity index is 1.50. The van der Waals surface area contributed by atoms with E-state index >= 15 is 0 Å². The van der Waals surface area contributed by atoms with Crippen molar-refractivity contribution in [3.63, 3.8) is 0 Å². The number of amides is 2. The van der Waals surface area contributed by atoms with Crippen LogP contribution in [-0.2, 0) is 4.79 Å². The van der Waals surface area contributed by atoms with Gasteiger partial charge < -0.3 is 10.2 Å². The van der Waals surface area contributed by atoms with E-state index in [0.29, 0.717) is 18.5 Å². The van der Waals surface area contributed by atoms with E-state index in [1.54, 1.807) is 23.5 Å². The third-order valence-corrected chi connectivity index (χ3v) is 5.08. The minimum Gasteiger partial charge on any atom is -0.352 e. The average Bonchev–Trinajstić information content (AvgIpc) is 3.26. The molecule has 0 radical (unpaired) electrons. The maximum Gasteiger partial charge on any atom is 0.251 e. The molecule has 2 aromatic rings. The molecular formula is C18H20N2O2S. The summed E-state index contributed by atoms with van der Waals surface area (Å²) < 4.78 is 0. The van der Waals surface area contributed by atoms with E-state index < -0.39 is 0 Å². The minimum absolute atomic E-state index is 0.120. The number of rotatable bonds is 5. The number of hydrogen-bond acceptors (Lipinski definition) is 3. The fraction of sp³-hybridized carbons (Fsp3) is 0.333. The van der Waals surface area contributed by atoms with Gasteiger partial charge in [0.1, 0.15) is 0 Å². The molecule has 1 atom stereocenters. The SMILES string of the molecule is O=C(NCCC(=O)N1CCCC1c1cccs1)c1ccccc1. The van der Waals surface area contributed by atoms with Gasteiger partial charge in [0.2, 0.25) is 5.91 Å². The number of hydrogen-bond donors (Lipinski definition) is 1. The molecule has 1 aromatic heterocycles. The van der Waals surface area contributed by atoms with Crippen LogP contribution in [0, 0.1) is 0 Å². The maximum absolute atomic E-state index is 12.4. The topological polar surface area (TPSA) is 49.4 Å². The molecule has 3 rings (SSSR count). The minimum atomic E-state index is -0.130. The van der Waals surface area contributed by atoms with Crippen LogP contribution in [-0.4, -0.2) is 29.8 Å². The molecule has 120 valence electrons. The van der Waals surface area contributed by atoms with Gasteiger partial charge in [0.15, 0.2) is 0 Å². The van der Waals surface area contributed by atoms with E-state index in [1.807, 2.05) is 29.2 Å². The summed E-state index contributed by atoms with van der Waals surface area (Å²) in [5, 5.41) is 4.87. The third kappa shape index (κ3) is 3.79.